The molecule has 2 rings (SSSR count). The average Bonchev–Trinajstić information content (AvgIpc) is 2.15. The second kappa shape index (κ2) is 4.24. The second-order valence-electron chi connectivity index (χ2n) is 4.39. The fourth-order valence-electron chi connectivity index (χ4n) is 2.48. The van der Waals surface area contributed by atoms with Crippen molar-refractivity contribution in [3.05, 3.63) is 34.3 Å². The van der Waals surface area contributed by atoms with E-state index in [4.69, 9.17) is 10.5 Å². The van der Waals surface area contributed by atoms with Crippen LogP contribution in [0.15, 0.2) is 28.7 Å². The molecule has 0 atom stereocenters. The first-order valence-corrected chi connectivity index (χ1v) is 5.96. The third-order valence-electron chi connectivity index (χ3n) is 3.16. The molecule has 1 aromatic rings. The maximum absolute atomic E-state index is 5.89. The fraction of sp³-hybridized carbons (Fsp3) is 0.500. The van der Waals surface area contributed by atoms with Gasteiger partial charge >= 0.3 is 0 Å². The van der Waals surface area contributed by atoms with Crippen LogP contribution in [0, 0.1) is 0 Å². The fourth-order valence-corrected chi connectivity index (χ4v) is 2.87. The molecule has 3 heteroatoms. The van der Waals surface area contributed by atoms with Gasteiger partial charge in [-0.05, 0) is 30.5 Å². The van der Waals surface area contributed by atoms with Crippen molar-refractivity contribution in [2.45, 2.75) is 24.3 Å². The van der Waals surface area contributed by atoms with Crippen LogP contribution in [-0.4, -0.2) is 19.8 Å². The third kappa shape index (κ3) is 2.10. The number of rotatable bonds is 3. The van der Waals surface area contributed by atoms with Gasteiger partial charge in [-0.2, -0.15) is 0 Å². The minimum absolute atomic E-state index is 0.151. The number of ether oxygens (including phenoxy) is 1. The lowest BCUT2D eigenvalue weighted by atomic mass is 9.62. The normalized spacial score (nSPS) is 29.9. The van der Waals surface area contributed by atoms with Crippen LogP contribution in [-0.2, 0) is 10.2 Å². The number of nitrogens with two attached hydrogens (primary N) is 1. The Balaban J connectivity index is 2.26. The van der Waals surface area contributed by atoms with E-state index in [1.165, 1.54) is 5.56 Å². The molecule has 82 valence electrons. The predicted octanol–water partition coefficient (Wildman–Crippen LogP) is 2.45. The summed E-state index contributed by atoms with van der Waals surface area (Å²) < 4.78 is 6.44. The van der Waals surface area contributed by atoms with Gasteiger partial charge in [-0.3, -0.25) is 0 Å². The molecule has 1 aliphatic rings. The van der Waals surface area contributed by atoms with Crippen molar-refractivity contribution in [3.63, 3.8) is 0 Å². The lowest BCUT2D eigenvalue weighted by Crippen LogP contribution is -2.51. The first-order valence-electron chi connectivity index (χ1n) is 5.17. The Kier molecular flexibility index (Phi) is 3.14. The van der Waals surface area contributed by atoms with Gasteiger partial charge in [0, 0.05) is 23.0 Å². The lowest BCUT2D eigenvalue weighted by molar-refractivity contribution is 0.0661. The smallest absolute Gasteiger partial charge is 0.0560 e. The number of hydrogen-bond donors (Lipinski definition) is 1. The van der Waals surface area contributed by atoms with Gasteiger partial charge in [0.1, 0.15) is 0 Å². The molecule has 2 nitrogen and oxygen atoms in total. The molecule has 0 saturated heterocycles. The van der Waals surface area contributed by atoms with Crippen LogP contribution in [0.5, 0.6) is 0 Å². The van der Waals surface area contributed by atoms with E-state index in [-0.39, 0.29) is 5.41 Å². The summed E-state index contributed by atoms with van der Waals surface area (Å²) in [5, 5.41) is 0. The highest BCUT2D eigenvalue weighted by Crippen LogP contribution is 2.43. The third-order valence-corrected chi connectivity index (χ3v) is 3.66. The second-order valence-corrected chi connectivity index (χ2v) is 5.31. The zero-order valence-electron chi connectivity index (χ0n) is 8.87. The molecule has 0 aromatic heterocycles. The molecule has 2 N–H and O–H groups in total. The van der Waals surface area contributed by atoms with E-state index < -0.39 is 0 Å². The number of halogens is 1. The summed E-state index contributed by atoms with van der Waals surface area (Å²) >= 11 is 3.50. The quantitative estimate of drug-likeness (QED) is 0.915. The Hall–Kier alpha value is -0.380. The Labute approximate surface area is 98.9 Å². The summed E-state index contributed by atoms with van der Waals surface area (Å²) in [6.45, 7) is 0.761. The predicted molar refractivity (Wildman–Crippen MR) is 64.9 cm³/mol. The summed E-state index contributed by atoms with van der Waals surface area (Å²) in [6, 6.07) is 8.78. The van der Waals surface area contributed by atoms with E-state index in [2.05, 4.69) is 34.1 Å². The maximum Gasteiger partial charge on any atom is 0.0560 e. The maximum atomic E-state index is 5.89. The van der Waals surface area contributed by atoms with Crippen LogP contribution in [0.1, 0.15) is 18.4 Å². The van der Waals surface area contributed by atoms with E-state index in [1.54, 1.807) is 7.11 Å². The van der Waals surface area contributed by atoms with Crippen molar-refractivity contribution in [1.82, 2.24) is 0 Å². The van der Waals surface area contributed by atoms with Crippen molar-refractivity contribution in [1.29, 1.82) is 0 Å². The highest BCUT2D eigenvalue weighted by molar-refractivity contribution is 9.10. The van der Waals surface area contributed by atoms with Gasteiger partial charge in [-0.25, -0.2) is 0 Å². The minimum atomic E-state index is 0.151. The molecule has 0 heterocycles. The van der Waals surface area contributed by atoms with E-state index in [0.717, 1.165) is 23.9 Å². The van der Waals surface area contributed by atoms with Crippen molar-refractivity contribution in [2.24, 2.45) is 5.73 Å². The van der Waals surface area contributed by atoms with Gasteiger partial charge in [0.05, 0.1) is 6.61 Å². The molecule has 0 amide bonds. The summed E-state index contributed by atoms with van der Waals surface area (Å²) in [5.41, 5.74) is 7.38. The van der Waals surface area contributed by atoms with Gasteiger partial charge in [0.25, 0.3) is 0 Å². The Morgan fingerprint density at radius 1 is 1.53 bits per heavy atom. The summed E-state index contributed by atoms with van der Waals surface area (Å²) in [4.78, 5) is 0. The van der Waals surface area contributed by atoms with E-state index in [1.807, 2.05) is 6.07 Å². The monoisotopic (exact) mass is 269 g/mol. The van der Waals surface area contributed by atoms with Gasteiger partial charge in [-0.15, -0.1) is 0 Å². The summed E-state index contributed by atoms with van der Waals surface area (Å²) in [7, 11) is 1.75. The highest BCUT2D eigenvalue weighted by atomic mass is 79.9. The first-order chi connectivity index (χ1) is 7.16. The lowest BCUT2D eigenvalue weighted by Gasteiger charge is -2.46. The molecule has 1 aliphatic carbocycles. The first kappa shape index (κ1) is 11.1. The van der Waals surface area contributed by atoms with Gasteiger partial charge in [0.2, 0.25) is 0 Å². The van der Waals surface area contributed by atoms with Crippen LogP contribution in [0.25, 0.3) is 0 Å². The minimum Gasteiger partial charge on any atom is -0.384 e. The Bertz CT molecular complexity index is 342. The molecule has 1 fully saturated rings. The molecule has 0 radical (unpaired) electrons. The van der Waals surface area contributed by atoms with Gasteiger partial charge < -0.3 is 10.5 Å². The molecule has 1 saturated carbocycles. The van der Waals surface area contributed by atoms with E-state index in [9.17, 15) is 0 Å². The summed E-state index contributed by atoms with van der Waals surface area (Å²) in [5.74, 6) is 0. The van der Waals surface area contributed by atoms with Crippen molar-refractivity contribution in [2.75, 3.05) is 13.7 Å². The molecule has 1 aromatic carbocycles. The molecule has 15 heavy (non-hydrogen) atoms. The van der Waals surface area contributed by atoms with Gasteiger partial charge in [0.15, 0.2) is 0 Å². The SMILES string of the molecule is COCC1(c2cccc(Br)c2)CC(N)C1. The largest absolute Gasteiger partial charge is 0.384 e. The Morgan fingerprint density at radius 3 is 2.80 bits per heavy atom. The molecule has 0 bridgehead atoms. The summed E-state index contributed by atoms with van der Waals surface area (Å²) in [6.07, 6.45) is 2.05. The van der Waals surface area contributed by atoms with Crippen LogP contribution in [0.4, 0.5) is 0 Å². The number of hydrogen-bond acceptors (Lipinski definition) is 2. The van der Waals surface area contributed by atoms with Crippen LogP contribution < -0.4 is 5.73 Å². The molecular weight excluding hydrogens is 254 g/mol. The number of methoxy groups -OCH3 is 1. The van der Waals surface area contributed by atoms with Crippen LogP contribution in [0.2, 0.25) is 0 Å². The van der Waals surface area contributed by atoms with Crippen LogP contribution in [0.3, 0.4) is 0 Å². The van der Waals surface area contributed by atoms with Gasteiger partial charge in [-0.1, -0.05) is 28.1 Å². The van der Waals surface area contributed by atoms with Crippen molar-refractivity contribution >= 4 is 15.9 Å². The van der Waals surface area contributed by atoms with E-state index >= 15 is 0 Å². The zero-order valence-corrected chi connectivity index (χ0v) is 10.5. The Morgan fingerprint density at radius 2 is 2.27 bits per heavy atom. The van der Waals surface area contributed by atoms with Crippen molar-refractivity contribution < 1.29 is 4.74 Å². The molecule has 0 aliphatic heterocycles. The zero-order chi connectivity index (χ0) is 10.9. The molecule has 0 spiro atoms. The van der Waals surface area contributed by atoms with E-state index in [0.29, 0.717) is 6.04 Å². The van der Waals surface area contributed by atoms with Crippen LogP contribution >= 0.6 is 15.9 Å². The number of benzene rings is 1. The molecular formula is C12H16BrNO. The molecule has 0 unspecified atom stereocenters. The average molecular weight is 270 g/mol. The van der Waals surface area contributed by atoms with Crippen molar-refractivity contribution in [3.8, 4) is 0 Å². The highest BCUT2D eigenvalue weighted by Gasteiger charge is 2.43. The topological polar surface area (TPSA) is 35.2 Å². The standard InChI is InChI=1S/C12H16BrNO/c1-15-8-12(6-11(14)7-12)9-3-2-4-10(13)5-9/h2-5,11H,6-8,14H2,1H3.